The highest BCUT2D eigenvalue weighted by molar-refractivity contribution is 5.78. The molecule has 1 amide bonds. The number of anilines is 1. The maximum absolute atomic E-state index is 11.6. The third-order valence-electron chi connectivity index (χ3n) is 3.87. The van der Waals surface area contributed by atoms with E-state index in [1.807, 2.05) is 12.1 Å². The lowest BCUT2D eigenvalue weighted by Crippen LogP contribution is -2.23. The standard InChI is InChI=1S/C16H24N2O/c1-12-4-7-15(10-12)17-14-8-5-13(6-9-14)11-16(19)18(2)3/h5-6,8-9,12,15,17H,4,7,10-11H2,1-3H3. The minimum atomic E-state index is 0.144. The van der Waals surface area contributed by atoms with E-state index >= 15 is 0 Å². The van der Waals surface area contributed by atoms with E-state index in [9.17, 15) is 4.79 Å². The van der Waals surface area contributed by atoms with E-state index in [1.54, 1.807) is 19.0 Å². The van der Waals surface area contributed by atoms with Crippen molar-refractivity contribution in [1.82, 2.24) is 4.90 Å². The number of hydrogen-bond donors (Lipinski definition) is 1. The zero-order chi connectivity index (χ0) is 13.8. The second-order valence-corrected chi connectivity index (χ2v) is 5.92. The number of carbonyl (C=O) groups excluding carboxylic acids is 1. The van der Waals surface area contributed by atoms with Gasteiger partial charge in [0.25, 0.3) is 0 Å². The van der Waals surface area contributed by atoms with Crippen molar-refractivity contribution in [2.45, 2.75) is 38.6 Å². The second kappa shape index (κ2) is 6.09. The highest BCUT2D eigenvalue weighted by Crippen LogP contribution is 2.27. The first-order chi connectivity index (χ1) is 9.04. The molecule has 0 spiro atoms. The maximum atomic E-state index is 11.6. The van der Waals surface area contributed by atoms with Crippen LogP contribution in [0.3, 0.4) is 0 Å². The van der Waals surface area contributed by atoms with E-state index in [-0.39, 0.29) is 5.91 Å². The van der Waals surface area contributed by atoms with Gasteiger partial charge in [0.15, 0.2) is 0 Å². The van der Waals surface area contributed by atoms with Crippen molar-refractivity contribution in [3.05, 3.63) is 29.8 Å². The molecular weight excluding hydrogens is 236 g/mol. The van der Waals surface area contributed by atoms with Crippen LogP contribution in [0.25, 0.3) is 0 Å². The Balaban J connectivity index is 1.89. The Morgan fingerprint density at radius 3 is 2.47 bits per heavy atom. The van der Waals surface area contributed by atoms with Gasteiger partial charge < -0.3 is 10.2 Å². The predicted molar refractivity (Wildman–Crippen MR) is 79.3 cm³/mol. The Labute approximate surface area is 116 Å². The summed E-state index contributed by atoms with van der Waals surface area (Å²) in [6.07, 6.45) is 4.34. The summed E-state index contributed by atoms with van der Waals surface area (Å²) in [5.41, 5.74) is 2.24. The lowest BCUT2D eigenvalue weighted by atomic mass is 10.1. The molecule has 3 heteroatoms. The van der Waals surface area contributed by atoms with Gasteiger partial charge in [-0.15, -0.1) is 0 Å². The highest BCUT2D eigenvalue weighted by atomic mass is 16.2. The van der Waals surface area contributed by atoms with Gasteiger partial charge in [0, 0.05) is 25.8 Å². The molecule has 1 saturated carbocycles. The predicted octanol–water partition coefficient (Wildman–Crippen LogP) is 2.92. The Bertz CT molecular complexity index is 425. The fraction of sp³-hybridized carbons (Fsp3) is 0.562. The molecule has 2 rings (SSSR count). The minimum absolute atomic E-state index is 0.144. The average molecular weight is 260 g/mol. The number of rotatable bonds is 4. The van der Waals surface area contributed by atoms with Crippen LogP contribution in [-0.4, -0.2) is 30.9 Å². The molecule has 0 radical (unpaired) electrons. The molecule has 1 N–H and O–H groups in total. The van der Waals surface area contributed by atoms with Crippen LogP contribution in [0.15, 0.2) is 24.3 Å². The molecule has 1 aliphatic rings. The van der Waals surface area contributed by atoms with Gasteiger partial charge >= 0.3 is 0 Å². The van der Waals surface area contributed by atoms with E-state index in [0.717, 1.165) is 11.5 Å². The summed E-state index contributed by atoms with van der Waals surface area (Å²) >= 11 is 0. The molecule has 1 aromatic carbocycles. The van der Waals surface area contributed by atoms with Crippen LogP contribution in [0.4, 0.5) is 5.69 Å². The molecule has 2 atom stereocenters. The Kier molecular flexibility index (Phi) is 4.46. The first-order valence-corrected chi connectivity index (χ1v) is 7.10. The van der Waals surface area contributed by atoms with Crippen LogP contribution < -0.4 is 5.32 Å². The number of likely N-dealkylation sites (N-methyl/N-ethyl adjacent to an activating group) is 1. The Hall–Kier alpha value is -1.51. The molecule has 0 saturated heterocycles. The first kappa shape index (κ1) is 13.9. The van der Waals surface area contributed by atoms with E-state index in [4.69, 9.17) is 0 Å². The SMILES string of the molecule is CC1CCC(Nc2ccc(CC(=O)N(C)C)cc2)C1. The molecule has 1 aromatic rings. The normalized spacial score (nSPS) is 22.3. The van der Waals surface area contributed by atoms with Crippen molar-refractivity contribution in [2.75, 3.05) is 19.4 Å². The summed E-state index contributed by atoms with van der Waals surface area (Å²) in [5, 5.41) is 3.58. The first-order valence-electron chi connectivity index (χ1n) is 7.10. The molecule has 0 aromatic heterocycles. The Morgan fingerprint density at radius 1 is 1.26 bits per heavy atom. The molecule has 3 nitrogen and oxygen atoms in total. The van der Waals surface area contributed by atoms with Crippen LogP contribution in [0.2, 0.25) is 0 Å². The van der Waals surface area contributed by atoms with Crippen molar-refractivity contribution >= 4 is 11.6 Å². The van der Waals surface area contributed by atoms with Crippen molar-refractivity contribution in [1.29, 1.82) is 0 Å². The van der Waals surface area contributed by atoms with Crippen LogP contribution in [0.5, 0.6) is 0 Å². The lowest BCUT2D eigenvalue weighted by Gasteiger charge is -2.15. The van der Waals surface area contributed by atoms with Crippen molar-refractivity contribution in [3.8, 4) is 0 Å². The third-order valence-corrected chi connectivity index (χ3v) is 3.87. The molecule has 0 aliphatic heterocycles. The molecule has 1 aliphatic carbocycles. The van der Waals surface area contributed by atoms with Gasteiger partial charge in [-0.1, -0.05) is 19.1 Å². The largest absolute Gasteiger partial charge is 0.382 e. The summed E-state index contributed by atoms with van der Waals surface area (Å²) in [7, 11) is 3.58. The summed E-state index contributed by atoms with van der Waals surface area (Å²) in [4.78, 5) is 13.3. The van der Waals surface area contributed by atoms with E-state index in [0.29, 0.717) is 12.5 Å². The van der Waals surface area contributed by atoms with Gasteiger partial charge in [0.2, 0.25) is 5.91 Å². The molecule has 0 bridgehead atoms. The van der Waals surface area contributed by atoms with Gasteiger partial charge in [-0.25, -0.2) is 0 Å². The van der Waals surface area contributed by atoms with Crippen molar-refractivity contribution in [2.24, 2.45) is 5.92 Å². The summed E-state index contributed by atoms with van der Waals surface area (Å²) in [5.74, 6) is 0.986. The molecule has 104 valence electrons. The molecule has 1 fully saturated rings. The number of nitrogens with zero attached hydrogens (tertiary/aromatic N) is 1. The highest BCUT2D eigenvalue weighted by Gasteiger charge is 2.20. The zero-order valence-electron chi connectivity index (χ0n) is 12.1. The number of carbonyl (C=O) groups is 1. The fourth-order valence-corrected chi connectivity index (χ4v) is 2.63. The monoisotopic (exact) mass is 260 g/mol. The smallest absolute Gasteiger partial charge is 0.226 e. The summed E-state index contributed by atoms with van der Waals surface area (Å²) in [6, 6.07) is 8.87. The maximum Gasteiger partial charge on any atom is 0.226 e. The summed E-state index contributed by atoms with van der Waals surface area (Å²) in [6.45, 7) is 2.32. The number of hydrogen-bond acceptors (Lipinski definition) is 2. The molecular formula is C16H24N2O. The number of nitrogens with one attached hydrogen (secondary N) is 1. The minimum Gasteiger partial charge on any atom is -0.382 e. The van der Waals surface area contributed by atoms with Gasteiger partial charge in [0.1, 0.15) is 0 Å². The van der Waals surface area contributed by atoms with Crippen molar-refractivity contribution in [3.63, 3.8) is 0 Å². The average Bonchev–Trinajstić information content (AvgIpc) is 2.77. The van der Waals surface area contributed by atoms with Gasteiger partial charge in [0.05, 0.1) is 6.42 Å². The van der Waals surface area contributed by atoms with E-state index < -0.39 is 0 Å². The molecule has 19 heavy (non-hydrogen) atoms. The fourth-order valence-electron chi connectivity index (χ4n) is 2.63. The van der Waals surface area contributed by atoms with E-state index in [1.165, 1.54) is 24.9 Å². The van der Waals surface area contributed by atoms with Crippen LogP contribution in [-0.2, 0) is 11.2 Å². The lowest BCUT2D eigenvalue weighted by molar-refractivity contribution is -0.127. The topological polar surface area (TPSA) is 32.3 Å². The zero-order valence-corrected chi connectivity index (χ0v) is 12.1. The van der Waals surface area contributed by atoms with Gasteiger partial charge in [-0.3, -0.25) is 4.79 Å². The third kappa shape index (κ3) is 3.98. The van der Waals surface area contributed by atoms with Crippen LogP contribution in [0.1, 0.15) is 31.7 Å². The number of amides is 1. The molecule has 2 unspecified atom stereocenters. The van der Waals surface area contributed by atoms with E-state index in [2.05, 4.69) is 24.4 Å². The Morgan fingerprint density at radius 2 is 1.95 bits per heavy atom. The molecule has 0 heterocycles. The number of benzene rings is 1. The second-order valence-electron chi connectivity index (χ2n) is 5.92. The van der Waals surface area contributed by atoms with Crippen molar-refractivity contribution < 1.29 is 4.79 Å². The van der Waals surface area contributed by atoms with Gasteiger partial charge in [-0.05, 0) is 42.9 Å². The van der Waals surface area contributed by atoms with Crippen LogP contribution in [0, 0.1) is 5.92 Å². The summed E-state index contributed by atoms with van der Waals surface area (Å²) < 4.78 is 0. The quantitative estimate of drug-likeness (QED) is 0.902. The van der Waals surface area contributed by atoms with Crippen LogP contribution >= 0.6 is 0 Å². The van der Waals surface area contributed by atoms with Gasteiger partial charge in [-0.2, -0.15) is 0 Å².